The molecule has 2 radical (unpaired) electrons. The van der Waals surface area contributed by atoms with Crippen LogP contribution in [0.25, 0.3) is 0 Å². The third-order valence-electron chi connectivity index (χ3n) is 1.95. The molecule has 0 saturated heterocycles. The summed E-state index contributed by atoms with van der Waals surface area (Å²) in [6, 6.07) is 0. The number of pyridine rings is 1. The zero-order valence-electron chi connectivity index (χ0n) is 10.9. The van der Waals surface area contributed by atoms with E-state index in [9.17, 15) is 18.0 Å². The maximum Gasteiger partial charge on any atom is 0.421 e. The lowest BCUT2D eigenvalue weighted by molar-refractivity contribution is -0.136. The van der Waals surface area contributed by atoms with Gasteiger partial charge in [-0.05, 0) is 20.8 Å². The number of hydrogen-bond acceptors (Lipinski definition) is 3. The van der Waals surface area contributed by atoms with E-state index in [-0.39, 0.29) is 5.46 Å². The zero-order valence-corrected chi connectivity index (χ0v) is 11.7. The number of ether oxygens (including phenoxy) is 1. The van der Waals surface area contributed by atoms with E-state index in [2.05, 4.69) is 4.98 Å². The molecule has 0 fully saturated rings. The van der Waals surface area contributed by atoms with Crippen LogP contribution in [0.5, 0.6) is 0 Å². The first kappa shape index (κ1) is 16.6. The SMILES string of the molecule is [B]c1cnc(NC(=O)OC(C)(C)C)c(C(F)(F)F)c1Cl. The van der Waals surface area contributed by atoms with Crippen molar-refractivity contribution < 1.29 is 22.7 Å². The predicted molar refractivity (Wildman–Crippen MR) is 69.5 cm³/mol. The van der Waals surface area contributed by atoms with Crippen molar-refractivity contribution in [2.75, 3.05) is 5.32 Å². The third-order valence-corrected chi connectivity index (χ3v) is 2.35. The van der Waals surface area contributed by atoms with Crippen molar-refractivity contribution in [1.29, 1.82) is 0 Å². The molecule has 1 heterocycles. The van der Waals surface area contributed by atoms with Crippen molar-refractivity contribution in [3.63, 3.8) is 0 Å². The zero-order chi connectivity index (χ0) is 15.7. The lowest BCUT2D eigenvalue weighted by Crippen LogP contribution is -2.29. The van der Waals surface area contributed by atoms with Crippen LogP contribution in [0.15, 0.2) is 6.20 Å². The first-order valence-electron chi connectivity index (χ1n) is 5.43. The lowest BCUT2D eigenvalue weighted by atomic mass is 9.96. The van der Waals surface area contributed by atoms with E-state index < -0.39 is 34.3 Å². The second kappa shape index (κ2) is 5.51. The predicted octanol–water partition coefficient (Wildman–Crippen LogP) is 2.89. The Morgan fingerprint density at radius 2 is 1.95 bits per heavy atom. The standard InChI is InChI=1S/C11H11BClF3N2O2/c1-10(2,3)20-9(19)18-8-6(11(14,15)16)7(13)5(12)4-17-8/h4H,1-3H3,(H,17,18,19). The summed E-state index contributed by atoms with van der Waals surface area (Å²) in [5.41, 5.74) is -2.51. The first-order chi connectivity index (χ1) is 8.92. The maximum absolute atomic E-state index is 12.9. The first-order valence-corrected chi connectivity index (χ1v) is 5.81. The van der Waals surface area contributed by atoms with Gasteiger partial charge in [0.2, 0.25) is 0 Å². The molecule has 0 aliphatic heterocycles. The number of alkyl halides is 3. The highest BCUT2D eigenvalue weighted by Gasteiger charge is 2.38. The van der Waals surface area contributed by atoms with Gasteiger partial charge in [-0.1, -0.05) is 17.1 Å². The van der Waals surface area contributed by atoms with E-state index in [1.807, 2.05) is 5.32 Å². The summed E-state index contributed by atoms with van der Waals surface area (Å²) in [5.74, 6) is -0.758. The quantitative estimate of drug-likeness (QED) is 0.812. The van der Waals surface area contributed by atoms with Crippen LogP contribution in [0.2, 0.25) is 5.02 Å². The molecule has 108 valence electrons. The molecule has 0 unspecified atom stereocenters. The van der Waals surface area contributed by atoms with Crippen molar-refractivity contribution in [2.45, 2.75) is 32.5 Å². The molecule has 0 spiro atoms. The highest BCUT2D eigenvalue weighted by atomic mass is 35.5. The van der Waals surface area contributed by atoms with Crippen molar-refractivity contribution in [1.82, 2.24) is 4.98 Å². The van der Waals surface area contributed by atoms with E-state index in [1.54, 1.807) is 20.8 Å². The van der Waals surface area contributed by atoms with Gasteiger partial charge in [0.05, 0.1) is 5.02 Å². The minimum Gasteiger partial charge on any atom is -0.444 e. The minimum atomic E-state index is -4.82. The van der Waals surface area contributed by atoms with Gasteiger partial charge < -0.3 is 4.74 Å². The number of rotatable bonds is 1. The molecule has 1 amide bonds. The summed E-state index contributed by atoms with van der Waals surface area (Å²) in [7, 11) is 5.28. The Balaban J connectivity index is 3.14. The van der Waals surface area contributed by atoms with Crippen molar-refractivity contribution >= 4 is 36.8 Å². The Bertz CT molecular complexity index is 530. The molecule has 1 aromatic rings. The summed E-state index contributed by atoms with van der Waals surface area (Å²) in [6.07, 6.45) is -4.97. The summed E-state index contributed by atoms with van der Waals surface area (Å²) >= 11 is 5.52. The Kier molecular flexibility index (Phi) is 4.58. The molecular formula is C11H11BClF3N2O2. The molecule has 0 aliphatic carbocycles. The van der Waals surface area contributed by atoms with Gasteiger partial charge in [0.25, 0.3) is 0 Å². The number of carbonyl (C=O) groups is 1. The van der Waals surface area contributed by atoms with Crippen LogP contribution >= 0.6 is 11.6 Å². The maximum atomic E-state index is 12.9. The largest absolute Gasteiger partial charge is 0.444 e. The topological polar surface area (TPSA) is 51.2 Å². The number of nitrogens with one attached hydrogen (secondary N) is 1. The highest BCUT2D eigenvalue weighted by molar-refractivity contribution is 6.45. The summed E-state index contributed by atoms with van der Waals surface area (Å²) in [6.45, 7) is 4.71. The van der Waals surface area contributed by atoms with Crippen LogP contribution in [-0.2, 0) is 10.9 Å². The molecule has 0 bridgehead atoms. The fraction of sp³-hybridized carbons (Fsp3) is 0.455. The van der Waals surface area contributed by atoms with E-state index >= 15 is 0 Å². The van der Waals surface area contributed by atoms with Crippen molar-refractivity contribution in [3.8, 4) is 0 Å². The Hall–Kier alpha value is -1.44. The number of aromatic nitrogens is 1. The average Bonchev–Trinajstić information content (AvgIpc) is 2.18. The van der Waals surface area contributed by atoms with Crippen LogP contribution in [0, 0.1) is 0 Å². The fourth-order valence-corrected chi connectivity index (χ4v) is 1.50. The molecule has 1 N–H and O–H groups in total. The summed E-state index contributed by atoms with van der Waals surface area (Å²) in [4.78, 5) is 14.9. The van der Waals surface area contributed by atoms with Crippen LogP contribution < -0.4 is 10.8 Å². The van der Waals surface area contributed by atoms with E-state index in [0.29, 0.717) is 0 Å². The van der Waals surface area contributed by atoms with Gasteiger partial charge in [0, 0.05) is 6.20 Å². The smallest absolute Gasteiger partial charge is 0.421 e. The van der Waals surface area contributed by atoms with Crippen LogP contribution in [0.1, 0.15) is 26.3 Å². The molecular weight excluding hydrogens is 295 g/mol. The molecule has 0 atom stereocenters. The molecule has 0 aromatic carbocycles. The second-order valence-electron chi connectivity index (χ2n) is 4.88. The normalized spacial score (nSPS) is 12.2. The molecule has 9 heteroatoms. The van der Waals surface area contributed by atoms with Crippen molar-refractivity contribution in [3.05, 3.63) is 16.8 Å². The monoisotopic (exact) mass is 306 g/mol. The summed E-state index contributed by atoms with van der Waals surface area (Å²) < 4.78 is 43.6. The third kappa shape index (κ3) is 4.30. The molecule has 4 nitrogen and oxygen atoms in total. The Morgan fingerprint density at radius 3 is 2.40 bits per heavy atom. The number of carbonyl (C=O) groups excluding carboxylic acids is 1. The number of halogens is 4. The average molecular weight is 306 g/mol. The number of hydrogen-bond donors (Lipinski definition) is 1. The second-order valence-corrected chi connectivity index (χ2v) is 5.25. The Labute approximate surface area is 120 Å². The fourth-order valence-electron chi connectivity index (χ4n) is 1.26. The van der Waals surface area contributed by atoms with Gasteiger partial charge >= 0.3 is 12.3 Å². The number of amides is 1. The van der Waals surface area contributed by atoms with Crippen LogP contribution in [0.4, 0.5) is 23.8 Å². The molecule has 0 aliphatic rings. The van der Waals surface area contributed by atoms with Gasteiger partial charge in [-0.15, -0.1) is 0 Å². The Morgan fingerprint density at radius 1 is 1.40 bits per heavy atom. The van der Waals surface area contributed by atoms with E-state index in [0.717, 1.165) is 6.20 Å². The molecule has 20 heavy (non-hydrogen) atoms. The lowest BCUT2D eigenvalue weighted by Gasteiger charge is -2.21. The van der Waals surface area contributed by atoms with E-state index in [1.165, 1.54) is 0 Å². The molecule has 1 rings (SSSR count). The van der Waals surface area contributed by atoms with Gasteiger partial charge in [0.15, 0.2) is 0 Å². The molecule has 1 aromatic heterocycles. The van der Waals surface area contributed by atoms with Gasteiger partial charge in [-0.25, -0.2) is 9.78 Å². The highest BCUT2D eigenvalue weighted by Crippen LogP contribution is 2.37. The van der Waals surface area contributed by atoms with Gasteiger partial charge in [0.1, 0.15) is 24.8 Å². The summed E-state index contributed by atoms with van der Waals surface area (Å²) in [5, 5.41) is 1.19. The van der Waals surface area contributed by atoms with Gasteiger partial charge in [-0.2, -0.15) is 13.2 Å². The minimum absolute atomic E-state index is 0.339. The van der Waals surface area contributed by atoms with Crippen LogP contribution in [-0.4, -0.2) is 24.5 Å². The van der Waals surface area contributed by atoms with Gasteiger partial charge in [-0.3, -0.25) is 5.32 Å². The number of nitrogens with zero attached hydrogens (tertiary/aromatic N) is 1. The van der Waals surface area contributed by atoms with E-state index in [4.69, 9.17) is 24.2 Å². The number of anilines is 1. The van der Waals surface area contributed by atoms with Crippen molar-refractivity contribution in [2.24, 2.45) is 0 Å². The van der Waals surface area contributed by atoms with Crippen LogP contribution in [0.3, 0.4) is 0 Å². The molecule has 0 saturated carbocycles.